The summed E-state index contributed by atoms with van der Waals surface area (Å²) >= 11 is 5.93. The third kappa shape index (κ3) is 3.78. The van der Waals surface area contributed by atoms with E-state index >= 15 is 0 Å². The lowest BCUT2D eigenvalue weighted by Gasteiger charge is -2.22. The van der Waals surface area contributed by atoms with Crippen LogP contribution < -0.4 is 5.73 Å². The number of carbonyl (C=O) groups is 1. The van der Waals surface area contributed by atoms with Crippen molar-refractivity contribution in [1.82, 2.24) is 4.90 Å². The summed E-state index contributed by atoms with van der Waals surface area (Å²) in [6.07, 6.45) is 1.24. The van der Waals surface area contributed by atoms with E-state index in [1.54, 1.807) is 25.1 Å². The number of carbonyl (C=O) groups excluding carboxylic acids is 1. The topological polar surface area (TPSA) is 92.8 Å². The number of guanidine groups is 1. The summed E-state index contributed by atoms with van der Waals surface area (Å²) in [4.78, 5) is 18.1. The second kappa shape index (κ2) is 5.89. The van der Waals surface area contributed by atoms with E-state index in [2.05, 4.69) is 4.99 Å². The maximum atomic E-state index is 12.5. The van der Waals surface area contributed by atoms with Crippen LogP contribution in [0.15, 0.2) is 29.3 Å². The standard InChI is InChI=1S/C14H18ClN3O3S/c1-14(6-7-22(2,20)21)12(19)18(13(16)17-14)9-10-4-3-5-11(15)8-10/h3-5,8H,6-7,9H2,1-2H3,(H2,16,17). The molecule has 0 aliphatic carbocycles. The predicted molar refractivity (Wildman–Crippen MR) is 86.4 cm³/mol. The van der Waals surface area contributed by atoms with Crippen molar-refractivity contribution in [3.8, 4) is 0 Å². The van der Waals surface area contributed by atoms with Crippen molar-refractivity contribution in [1.29, 1.82) is 0 Å². The smallest absolute Gasteiger partial charge is 0.257 e. The Hall–Kier alpha value is -1.60. The molecule has 1 aromatic rings. The van der Waals surface area contributed by atoms with Gasteiger partial charge < -0.3 is 5.73 Å². The van der Waals surface area contributed by atoms with Crippen molar-refractivity contribution in [2.45, 2.75) is 25.4 Å². The van der Waals surface area contributed by atoms with Gasteiger partial charge in [-0.15, -0.1) is 0 Å². The van der Waals surface area contributed by atoms with Gasteiger partial charge in [0.05, 0.1) is 12.3 Å². The number of aliphatic imine (C=N–C) groups is 1. The highest BCUT2D eigenvalue weighted by Gasteiger charge is 2.44. The average molecular weight is 344 g/mol. The van der Waals surface area contributed by atoms with E-state index in [9.17, 15) is 13.2 Å². The molecule has 1 amide bonds. The summed E-state index contributed by atoms with van der Waals surface area (Å²) in [6.45, 7) is 1.86. The van der Waals surface area contributed by atoms with Gasteiger partial charge in [0.15, 0.2) is 5.96 Å². The van der Waals surface area contributed by atoms with Gasteiger partial charge in [0.25, 0.3) is 5.91 Å². The van der Waals surface area contributed by atoms with E-state index in [1.807, 2.05) is 6.07 Å². The summed E-state index contributed by atoms with van der Waals surface area (Å²) in [5, 5.41) is 0.569. The summed E-state index contributed by atoms with van der Waals surface area (Å²) in [7, 11) is -3.17. The molecule has 0 fully saturated rings. The molecule has 1 aliphatic rings. The Morgan fingerprint density at radius 3 is 2.68 bits per heavy atom. The Morgan fingerprint density at radius 2 is 2.09 bits per heavy atom. The molecular formula is C14H18ClN3O3S. The summed E-state index contributed by atoms with van der Waals surface area (Å²) in [6, 6.07) is 7.10. The lowest BCUT2D eigenvalue weighted by molar-refractivity contribution is -0.131. The van der Waals surface area contributed by atoms with E-state index in [0.29, 0.717) is 5.02 Å². The lowest BCUT2D eigenvalue weighted by Crippen LogP contribution is -2.43. The monoisotopic (exact) mass is 343 g/mol. The predicted octanol–water partition coefficient (Wildman–Crippen LogP) is 1.19. The van der Waals surface area contributed by atoms with Gasteiger partial charge >= 0.3 is 0 Å². The summed E-state index contributed by atoms with van der Waals surface area (Å²) in [5.74, 6) is -0.314. The fourth-order valence-electron chi connectivity index (χ4n) is 2.27. The maximum Gasteiger partial charge on any atom is 0.257 e. The molecule has 1 aliphatic heterocycles. The van der Waals surface area contributed by atoms with Crippen LogP contribution >= 0.6 is 11.6 Å². The van der Waals surface area contributed by atoms with E-state index in [4.69, 9.17) is 17.3 Å². The molecule has 6 nitrogen and oxygen atoms in total. The number of sulfone groups is 1. The second-order valence-electron chi connectivity index (χ2n) is 5.64. The first-order valence-corrected chi connectivity index (χ1v) is 9.14. The minimum Gasteiger partial charge on any atom is -0.369 e. The molecule has 8 heteroatoms. The van der Waals surface area contributed by atoms with Gasteiger partial charge in [0, 0.05) is 11.3 Å². The number of hydrogen-bond donors (Lipinski definition) is 1. The SMILES string of the molecule is CC1(CCS(C)(=O)=O)N=C(N)N(Cc2cccc(Cl)c2)C1=O. The molecule has 1 unspecified atom stereocenters. The summed E-state index contributed by atoms with van der Waals surface area (Å²) < 4.78 is 22.6. The van der Waals surface area contributed by atoms with Crippen LogP contribution in [-0.2, 0) is 21.2 Å². The van der Waals surface area contributed by atoms with Gasteiger partial charge in [-0.05, 0) is 31.0 Å². The fraction of sp³-hybridized carbons (Fsp3) is 0.429. The van der Waals surface area contributed by atoms with Crippen LogP contribution in [0.4, 0.5) is 0 Å². The highest BCUT2D eigenvalue weighted by Crippen LogP contribution is 2.27. The van der Waals surface area contributed by atoms with E-state index in [1.165, 1.54) is 4.90 Å². The zero-order chi connectivity index (χ0) is 16.5. The molecule has 0 radical (unpaired) electrons. The number of amides is 1. The third-order valence-electron chi connectivity index (χ3n) is 3.53. The van der Waals surface area contributed by atoms with Gasteiger partial charge in [0.2, 0.25) is 0 Å². The highest BCUT2D eigenvalue weighted by atomic mass is 35.5. The molecule has 1 aromatic carbocycles. The molecule has 0 saturated carbocycles. The number of rotatable bonds is 5. The summed E-state index contributed by atoms with van der Waals surface area (Å²) in [5.41, 5.74) is 5.54. The number of halogens is 1. The first-order chi connectivity index (χ1) is 10.1. The Kier molecular flexibility index (Phi) is 4.49. The normalized spacial score (nSPS) is 22.0. The molecule has 22 heavy (non-hydrogen) atoms. The van der Waals surface area contributed by atoms with Crippen LogP contribution in [0.2, 0.25) is 5.02 Å². The molecular weight excluding hydrogens is 326 g/mol. The first-order valence-electron chi connectivity index (χ1n) is 6.70. The van der Waals surface area contributed by atoms with Gasteiger partial charge in [-0.25, -0.2) is 13.4 Å². The zero-order valence-corrected chi connectivity index (χ0v) is 14.0. The van der Waals surface area contributed by atoms with E-state index in [0.717, 1.165) is 11.8 Å². The van der Waals surface area contributed by atoms with Crippen LogP contribution in [-0.4, -0.2) is 42.7 Å². The Bertz CT molecular complexity index is 733. The van der Waals surface area contributed by atoms with Crippen molar-refractivity contribution in [2.24, 2.45) is 10.7 Å². The van der Waals surface area contributed by atoms with Crippen LogP contribution in [0, 0.1) is 0 Å². The van der Waals surface area contributed by atoms with Gasteiger partial charge in [0.1, 0.15) is 15.4 Å². The highest BCUT2D eigenvalue weighted by molar-refractivity contribution is 7.90. The van der Waals surface area contributed by atoms with Crippen molar-refractivity contribution < 1.29 is 13.2 Å². The van der Waals surface area contributed by atoms with Crippen LogP contribution in [0.25, 0.3) is 0 Å². The second-order valence-corrected chi connectivity index (χ2v) is 8.34. The van der Waals surface area contributed by atoms with Crippen molar-refractivity contribution in [2.75, 3.05) is 12.0 Å². The minimum absolute atomic E-state index is 0.0981. The van der Waals surface area contributed by atoms with E-state index < -0.39 is 15.4 Å². The van der Waals surface area contributed by atoms with Gasteiger partial charge in [-0.2, -0.15) is 0 Å². The molecule has 1 heterocycles. The lowest BCUT2D eigenvalue weighted by atomic mass is 9.99. The molecule has 2 rings (SSSR count). The minimum atomic E-state index is -3.17. The molecule has 0 saturated heterocycles. The van der Waals surface area contributed by atoms with Gasteiger partial charge in [-0.1, -0.05) is 23.7 Å². The maximum absolute atomic E-state index is 12.5. The number of hydrogen-bond acceptors (Lipinski definition) is 5. The number of nitrogens with two attached hydrogens (primary N) is 1. The Balaban J connectivity index is 2.16. The zero-order valence-electron chi connectivity index (χ0n) is 12.4. The molecule has 1 atom stereocenters. The third-order valence-corrected chi connectivity index (χ3v) is 4.71. The molecule has 2 N–H and O–H groups in total. The van der Waals surface area contributed by atoms with E-state index in [-0.39, 0.29) is 30.6 Å². The largest absolute Gasteiger partial charge is 0.369 e. The van der Waals surface area contributed by atoms with Gasteiger partial charge in [-0.3, -0.25) is 9.69 Å². The van der Waals surface area contributed by atoms with Crippen molar-refractivity contribution >= 4 is 33.3 Å². The van der Waals surface area contributed by atoms with Crippen LogP contribution in [0.1, 0.15) is 18.9 Å². The Morgan fingerprint density at radius 1 is 1.41 bits per heavy atom. The average Bonchev–Trinajstić information content (AvgIpc) is 2.60. The number of nitrogens with zero attached hydrogens (tertiary/aromatic N) is 2. The van der Waals surface area contributed by atoms with Crippen molar-refractivity contribution in [3.63, 3.8) is 0 Å². The quantitative estimate of drug-likeness (QED) is 0.869. The number of benzene rings is 1. The fourth-order valence-corrected chi connectivity index (χ4v) is 3.25. The molecule has 0 bridgehead atoms. The Labute approximate surface area is 134 Å². The molecule has 0 spiro atoms. The molecule has 120 valence electrons. The van der Waals surface area contributed by atoms with Crippen LogP contribution in [0.3, 0.4) is 0 Å². The van der Waals surface area contributed by atoms with Crippen molar-refractivity contribution in [3.05, 3.63) is 34.9 Å². The first kappa shape index (κ1) is 16.8. The van der Waals surface area contributed by atoms with Crippen LogP contribution in [0.5, 0.6) is 0 Å². The molecule has 0 aromatic heterocycles.